The first kappa shape index (κ1) is 17.7. The zero-order valence-corrected chi connectivity index (χ0v) is 15.5. The van der Waals surface area contributed by atoms with Crippen LogP contribution in [0.1, 0.15) is 18.4 Å². The minimum Gasteiger partial charge on any atom is -0.481 e. The van der Waals surface area contributed by atoms with Crippen molar-refractivity contribution in [3.8, 4) is 5.88 Å². The molecule has 0 amide bonds. The number of benzene rings is 1. The largest absolute Gasteiger partial charge is 0.481 e. The van der Waals surface area contributed by atoms with E-state index in [1.165, 1.54) is 12.8 Å². The van der Waals surface area contributed by atoms with Crippen molar-refractivity contribution in [2.45, 2.75) is 19.4 Å². The van der Waals surface area contributed by atoms with Crippen molar-refractivity contribution in [2.75, 3.05) is 30.4 Å². The summed E-state index contributed by atoms with van der Waals surface area (Å²) in [4.78, 5) is 11.1. The highest BCUT2D eigenvalue weighted by Crippen LogP contribution is 2.23. The van der Waals surface area contributed by atoms with E-state index in [9.17, 15) is 0 Å². The fourth-order valence-corrected chi connectivity index (χ4v) is 2.90. The summed E-state index contributed by atoms with van der Waals surface area (Å²) in [7, 11) is 1.59. The summed E-state index contributed by atoms with van der Waals surface area (Å²) >= 11 is 11.2. The molecule has 0 saturated carbocycles. The van der Waals surface area contributed by atoms with Gasteiger partial charge in [-0.25, -0.2) is 0 Å². The maximum Gasteiger partial charge on any atom is 0.234 e. The molecule has 0 atom stereocenters. The Morgan fingerprint density at radius 3 is 2.64 bits per heavy atom. The molecule has 8 heteroatoms. The lowest BCUT2D eigenvalue weighted by molar-refractivity contribution is 0.397. The van der Waals surface area contributed by atoms with Crippen molar-refractivity contribution in [3.05, 3.63) is 40.9 Å². The summed E-state index contributed by atoms with van der Waals surface area (Å²) in [5.74, 6) is 1.79. The van der Waals surface area contributed by atoms with E-state index in [1.807, 2.05) is 30.3 Å². The molecule has 1 aliphatic rings. The molecule has 132 valence electrons. The average molecular weight is 378 g/mol. The molecule has 0 unspecified atom stereocenters. The van der Waals surface area contributed by atoms with Crippen LogP contribution in [0.4, 0.5) is 11.8 Å². The van der Waals surface area contributed by atoms with E-state index in [0.29, 0.717) is 28.5 Å². The Balaban J connectivity index is 1.63. The molecule has 0 spiro atoms. The van der Waals surface area contributed by atoms with Gasteiger partial charge in [0.15, 0.2) is 5.11 Å². The molecule has 1 saturated heterocycles. The Hall–Kier alpha value is -2.12. The fraction of sp³-hybridized carbons (Fsp3) is 0.353. The number of hydrogen-bond donors (Lipinski definition) is 2. The number of aromatic nitrogens is 2. The Bertz CT molecular complexity index is 734. The van der Waals surface area contributed by atoms with E-state index in [-0.39, 0.29) is 0 Å². The second-order valence-corrected chi connectivity index (χ2v) is 6.57. The first-order chi connectivity index (χ1) is 12.1. The number of nitrogens with zero attached hydrogens (tertiary/aromatic N) is 3. The summed E-state index contributed by atoms with van der Waals surface area (Å²) in [6, 6.07) is 9.45. The second kappa shape index (κ2) is 8.31. The van der Waals surface area contributed by atoms with Gasteiger partial charge in [-0.05, 0) is 42.8 Å². The minimum atomic E-state index is 0.426. The second-order valence-electron chi connectivity index (χ2n) is 5.72. The normalized spacial score (nSPS) is 13.6. The van der Waals surface area contributed by atoms with Crippen molar-refractivity contribution in [2.24, 2.45) is 0 Å². The SMILES string of the molecule is COc1cc(N2CCCC2)nc(NC(=S)NCc2ccc(Cl)cc2)n1. The quantitative estimate of drug-likeness (QED) is 0.775. The Morgan fingerprint density at radius 1 is 1.24 bits per heavy atom. The lowest BCUT2D eigenvalue weighted by Crippen LogP contribution is -2.29. The van der Waals surface area contributed by atoms with Crippen LogP contribution in [-0.2, 0) is 6.54 Å². The van der Waals surface area contributed by atoms with Gasteiger partial charge in [0.05, 0.1) is 7.11 Å². The topological polar surface area (TPSA) is 62.3 Å². The van der Waals surface area contributed by atoms with Gasteiger partial charge >= 0.3 is 0 Å². The van der Waals surface area contributed by atoms with Gasteiger partial charge in [0.1, 0.15) is 5.82 Å². The minimum absolute atomic E-state index is 0.426. The molecule has 1 aliphatic heterocycles. The zero-order chi connectivity index (χ0) is 17.6. The van der Waals surface area contributed by atoms with Gasteiger partial charge in [-0.3, -0.25) is 0 Å². The molecule has 1 fully saturated rings. The zero-order valence-electron chi connectivity index (χ0n) is 14.0. The maximum atomic E-state index is 5.89. The van der Waals surface area contributed by atoms with Crippen LogP contribution in [0.5, 0.6) is 5.88 Å². The van der Waals surface area contributed by atoms with Gasteiger partial charge < -0.3 is 20.3 Å². The molecule has 6 nitrogen and oxygen atoms in total. The smallest absolute Gasteiger partial charge is 0.234 e. The summed E-state index contributed by atoms with van der Waals surface area (Å²) in [6.45, 7) is 2.59. The lowest BCUT2D eigenvalue weighted by Gasteiger charge is -2.18. The summed E-state index contributed by atoms with van der Waals surface area (Å²) in [5.41, 5.74) is 1.08. The highest BCUT2D eigenvalue weighted by molar-refractivity contribution is 7.80. The molecule has 2 heterocycles. The maximum absolute atomic E-state index is 5.89. The van der Waals surface area contributed by atoms with Crippen LogP contribution in [0.3, 0.4) is 0 Å². The molecular formula is C17H20ClN5OS. The molecule has 2 aromatic rings. The summed E-state index contributed by atoms with van der Waals surface area (Å²) < 4.78 is 5.28. The number of nitrogens with one attached hydrogen (secondary N) is 2. The van der Waals surface area contributed by atoms with Crippen LogP contribution < -0.4 is 20.3 Å². The number of anilines is 2. The average Bonchev–Trinajstić information content (AvgIpc) is 3.15. The van der Waals surface area contributed by atoms with E-state index in [1.54, 1.807) is 7.11 Å². The van der Waals surface area contributed by atoms with Crippen LogP contribution in [0.25, 0.3) is 0 Å². The van der Waals surface area contributed by atoms with Gasteiger partial charge in [-0.2, -0.15) is 9.97 Å². The predicted molar refractivity (Wildman–Crippen MR) is 105 cm³/mol. The van der Waals surface area contributed by atoms with Crippen molar-refractivity contribution in [3.63, 3.8) is 0 Å². The van der Waals surface area contributed by atoms with E-state index >= 15 is 0 Å². The molecule has 2 N–H and O–H groups in total. The highest BCUT2D eigenvalue weighted by atomic mass is 35.5. The molecular weight excluding hydrogens is 358 g/mol. The number of thiocarbonyl (C=S) groups is 1. The fourth-order valence-electron chi connectivity index (χ4n) is 2.61. The van der Waals surface area contributed by atoms with Crippen LogP contribution in [0, 0.1) is 0 Å². The number of halogens is 1. The monoisotopic (exact) mass is 377 g/mol. The third-order valence-corrected chi connectivity index (χ3v) is 4.42. The van der Waals surface area contributed by atoms with E-state index in [0.717, 1.165) is 24.5 Å². The molecule has 1 aromatic heterocycles. The van der Waals surface area contributed by atoms with Crippen LogP contribution in [-0.4, -0.2) is 35.3 Å². The Kier molecular flexibility index (Phi) is 5.88. The van der Waals surface area contributed by atoms with Crippen molar-refractivity contribution >= 4 is 40.7 Å². The van der Waals surface area contributed by atoms with Gasteiger partial charge in [-0.1, -0.05) is 23.7 Å². The van der Waals surface area contributed by atoms with E-state index in [2.05, 4.69) is 25.5 Å². The number of rotatable bonds is 5. The first-order valence-corrected chi connectivity index (χ1v) is 8.90. The van der Waals surface area contributed by atoms with Gasteiger partial charge in [0, 0.05) is 30.7 Å². The summed E-state index contributed by atoms with van der Waals surface area (Å²) in [6.07, 6.45) is 2.35. The van der Waals surface area contributed by atoms with Gasteiger partial charge in [-0.15, -0.1) is 0 Å². The van der Waals surface area contributed by atoms with E-state index in [4.69, 9.17) is 28.6 Å². The van der Waals surface area contributed by atoms with Gasteiger partial charge in [0.2, 0.25) is 11.8 Å². The molecule has 0 radical (unpaired) electrons. The van der Waals surface area contributed by atoms with Gasteiger partial charge in [0.25, 0.3) is 0 Å². The Labute approximate surface area is 157 Å². The summed E-state index contributed by atoms with van der Waals surface area (Å²) in [5, 5.41) is 7.33. The third-order valence-electron chi connectivity index (χ3n) is 3.92. The molecule has 0 bridgehead atoms. The predicted octanol–water partition coefficient (Wildman–Crippen LogP) is 3.23. The third kappa shape index (κ3) is 4.93. The molecule has 3 rings (SSSR count). The molecule has 0 aliphatic carbocycles. The van der Waals surface area contributed by atoms with Crippen LogP contribution in [0.2, 0.25) is 5.02 Å². The molecule has 25 heavy (non-hydrogen) atoms. The van der Waals surface area contributed by atoms with Crippen LogP contribution >= 0.6 is 23.8 Å². The molecule has 1 aromatic carbocycles. The highest BCUT2D eigenvalue weighted by Gasteiger charge is 2.16. The number of hydrogen-bond acceptors (Lipinski definition) is 5. The number of methoxy groups -OCH3 is 1. The standard InChI is InChI=1S/C17H20ClN5OS/c1-24-15-10-14(23-8-2-3-9-23)20-16(21-15)22-17(25)19-11-12-4-6-13(18)7-5-12/h4-7,10H,2-3,8-9,11H2,1H3,(H2,19,20,21,22,25). The lowest BCUT2D eigenvalue weighted by atomic mass is 10.2. The van der Waals surface area contributed by atoms with E-state index < -0.39 is 0 Å². The van der Waals surface area contributed by atoms with Crippen molar-refractivity contribution in [1.29, 1.82) is 0 Å². The van der Waals surface area contributed by atoms with Crippen molar-refractivity contribution in [1.82, 2.24) is 15.3 Å². The van der Waals surface area contributed by atoms with Crippen molar-refractivity contribution < 1.29 is 4.74 Å². The van der Waals surface area contributed by atoms with Crippen LogP contribution in [0.15, 0.2) is 30.3 Å². The first-order valence-electron chi connectivity index (χ1n) is 8.11. The Morgan fingerprint density at radius 2 is 1.96 bits per heavy atom. The number of ether oxygens (including phenoxy) is 1.